The van der Waals surface area contributed by atoms with Crippen molar-refractivity contribution in [1.82, 2.24) is 4.98 Å². The van der Waals surface area contributed by atoms with Crippen molar-refractivity contribution in [1.29, 1.82) is 0 Å². The molecule has 0 aliphatic heterocycles. The fraction of sp³-hybridized carbons (Fsp3) is 0. The molecule has 0 radical (unpaired) electrons. The Balaban J connectivity index is 2.14. The van der Waals surface area contributed by atoms with Gasteiger partial charge in [0.05, 0.1) is 16.5 Å². The van der Waals surface area contributed by atoms with Gasteiger partial charge in [0.2, 0.25) is 5.43 Å². The minimum atomic E-state index is -0.0655. The molecule has 4 rings (SSSR count). The standard InChI is InChI=1S/C13H5NO2/c15-12-7-8(12)10(6-4-2-1-3-5-6)14-11-9(7)13(11)16/h1-5H. The largest absolute Gasteiger partial charge is 0.288 e. The van der Waals surface area contributed by atoms with Crippen molar-refractivity contribution in [3.05, 3.63) is 50.8 Å². The topological polar surface area (TPSA) is 47.0 Å². The molecule has 3 aromatic carbocycles. The smallest absolute Gasteiger partial charge is 0.215 e. The predicted molar refractivity (Wildman–Crippen MR) is 62.0 cm³/mol. The van der Waals surface area contributed by atoms with Crippen LogP contribution < -0.4 is 10.9 Å². The fourth-order valence-corrected chi connectivity index (χ4v) is 2.11. The van der Waals surface area contributed by atoms with E-state index in [2.05, 4.69) is 4.98 Å². The Bertz CT molecular complexity index is 870. The third-order valence-corrected chi connectivity index (χ3v) is 3.02. The van der Waals surface area contributed by atoms with Gasteiger partial charge in [0.15, 0.2) is 5.43 Å². The Morgan fingerprint density at radius 1 is 0.812 bits per heavy atom. The average molecular weight is 207 g/mol. The van der Waals surface area contributed by atoms with Gasteiger partial charge in [-0.05, 0) is 0 Å². The first-order valence-electron chi connectivity index (χ1n) is 5.02. The first kappa shape index (κ1) is 7.93. The number of aromatic nitrogens is 1. The molecule has 0 atom stereocenters. The number of benzene rings is 1. The van der Waals surface area contributed by atoms with Crippen LogP contribution in [0.15, 0.2) is 39.9 Å². The normalized spacial score (nSPS) is 12.2. The lowest BCUT2D eigenvalue weighted by Crippen LogP contribution is -1.82. The summed E-state index contributed by atoms with van der Waals surface area (Å²) in [6.07, 6.45) is 0. The number of nitrogens with zero attached hydrogens (tertiary/aromatic N) is 1. The van der Waals surface area contributed by atoms with Gasteiger partial charge in [-0.25, -0.2) is 4.98 Å². The molecular formula is C13H5NO2. The van der Waals surface area contributed by atoms with E-state index in [1.165, 1.54) is 0 Å². The highest BCUT2D eigenvalue weighted by molar-refractivity contribution is 6.25. The summed E-state index contributed by atoms with van der Waals surface area (Å²) < 4.78 is 0. The molecule has 74 valence electrons. The molecule has 1 aromatic heterocycles. The zero-order valence-corrected chi connectivity index (χ0v) is 8.15. The molecule has 0 spiro atoms. The second-order valence-electron chi connectivity index (χ2n) is 3.96. The summed E-state index contributed by atoms with van der Waals surface area (Å²) in [6.45, 7) is 0. The minimum Gasteiger partial charge on any atom is -0.288 e. The van der Waals surface area contributed by atoms with E-state index in [1.54, 1.807) is 0 Å². The highest BCUT2D eigenvalue weighted by atomic mass is 16.1. The van der Waals surface area contributed by atoms with Crippen molar-refractivity contribution in [2.75, 3.05) is 0 Å². The summed E-state index contributed by atoms with van der Waals surface area (Å²) in [5.74, 6) is 0. The van der Waals surface area contributed by atoms with Gasteiger partial charge >= 0.3 is 0 Å². The minimum absolute atomic E-state index is 0.0153. The summed E-state index contributed by atoms with van der Waals surface area (Å²) in [4.78, 5) is 27.1. The Morgan fingerprint density at radius 3 is 2.31 bits per heavy atom. The molecule has 0 fully saturated rings. The highest BCUT2D eigenvalue weighted by Crippen LogP contribution is 2.34. The molecule has 4 aromatic rings. The van der Waals surface area contributed by atoms with Crippen LogP contribution in [0.1, 0.15) is 0 Å². The highest BCUT2D eigenvalue weighted by Gasteiger charge is 2.30. The summed E-state index contributed by atoms with van der Waals surface area (Å²) in [7, 11) is 0. The summed E-state index contributed by atoms with van der Waals surface area (Å²) in [6, 6.07) is 9.48. The molecule has 0 N–H and O–H groups in total. The van der Waals surface area contributed by atoms with Crippen molar-refractivity contribution >= 4 is 21.7 Å². The van der Waals surface area contributed by atoms with E-state index >= 15 is 0 Å². The van der Waals surface area contributed by atoms with Crippen LogP contribution in [-0.4, -0.2) is 4.98 Å². The maximum atomic E-state index is 11.5. The third kappa shape index (κ3) is 0.772. The van der Waals surface area contributed by atoms with Gasteiger partial charge in [-0.2, -0.15) is 0 Å². The molecule has 3 nitrogen and oxygen atoms in total. The van der Waals surface area contributed by atoms with Crippen LogP contribution in [0.5, 0.6) is 0 Å². The van der Waals surface area contributed by atoms with Gasteiger partial charge in [-0.3, -0.25) is 9.59 Å². The zero-order chi connectivity index (χ0) is 10.9. The third-order valence-electron chi connectivity index (χ3n) is 3.02. The lowest BCUT2D eigenvalue weighted by molar-refractivity contribution is 1.46. The Hall–Kier alpha value is -2.29. The summed E-state index contributed by atoms with van der Waals surface area (Å²) in [5.41, 5.74) is 1.95. The van der Waals surface area contributed by atoms with Gasteiger partial charge in [0, 0.05) is 10.9 Å². The molecule has 0 saturated heterocycles. The zero-order valence-electron chi connectivity index (χ0n) is 8.15. The molecule has 0 unspecified atom stereocenters. The monoisotopic (exact) mass is 207 g/mol. The summed E-state index contributed by atoms with van der Waals surface area (Å²) in [5, 5.41) is 1.80. The van der Waals surface area contributed by atoms with Crippen LogP contribution in [0.4, 0.5) is 0 Å². The van der Waals surface area contributed by atoms with E-state index in [-0.39, 0.29) is 10.9 Å². The van der Waals surface area contributed by atoms with Crippen molar-refractivity contribution in [3.63, 3.8) is 0 Å². The number of rotatable bonds is 1. The van der Waals surface area contributed by atoms with Crippen molar-refractivity contribution in [2.24, 2.45) is 0 Å². The lowest BCUT2D eigenvalue weighted by Gasteiger charge is -1.95. The van der Waals surface area contributed by atoms with Crippen molar-refractivity contribution < 1.29 is 0 Å². The maximum absolute atomic E-state index is 11.5. The first-order valence-corrected chi connectivity index (χ1v) is 5.02. The van der Waals surface area contributed by atoms with Crippen molar-refractivity contribution in [3.8, 4) is 11.3 Å². The predicted octanol–water partition coefficient (Wildman–Crippen LogP) is 1.53. The van der Waals surface area contributed by atoms with E-state index in [0.29, 0.717) is 27.4 Å². The Morgan fingerprint density at radius 2 is 1.56 bits per heavy atom. The lowest BCUT2D eigenvalue weighted by atomic mass is 10.1. The van der Waals surface area contributed by atoms with E-state index in [0.717, 1.165) is 5.56 Å². The van der Waals surface area contributed by atoms with Gasteiger partial charge in [0.1, 0.15) is 5.52 Å². The molecular weight excluding hydrogens is 202 g/mol. The van der Waals surface area contributed by atoms with Crippen molar-refractivity contribution in [2.45, 2.75) is 0 Å². The molecule has 1 heterocycles. The molecule has 0 saturated carbocycles. The van der Waals surface area contributed by atoms with Gasteiger partial charge in [0.25, 0.3) is 0 Å². The number of fused-ring (bicyclic) bond motifs is 3. The fourth-order valence-electron chi connectivity index (χ4n) is 2.11. The molecule has 0 bridgehead atoms. The molecule has 3 heteroatoms. The Labute approximate surface area is 89.3 Å². The van der Waals surface area contributed by atoms with Gasteiger partial charge < -0.3 is 0 Å². The molecule has 0 aliphatic carbocycles. The summed E-state index contributed by atoms with van der Waals surface area (Å²) >= 11 is 0. The van der Waals surface area contributed by atoms with Crippen LogP contribution in [0, 0.1) is 0 Å². The second-order valence-corrected chi connectivity index (χ2v) is 3.96. The van der Waals surface area contributed by atoms with E-state index in [1.807, 2.05) is 30.3 Å². The molecule has 0 aliphatic rings. The second kappa shape index (κ2) is 2.27. The SMILES string of the molecule is O=c1c2nc(-c3ccccc3)c3c(=O)c3c12. The molecule has 0 amide bonds. The first-order chi connectivity index (χ1) is 7.79. The van der Waals surface area contributed by atoms with Crippen LogP contribution in [-0.2, 0) is 0 Å². The van der Waals surface area contributed by atoms with E-state index in [4.69, 9.17) is 0 Å². The van der Waals surface area contributed by atoms with Crippen LogP contribution in [0.2, 0.25) is 0 Å². The number of hydrogen-bond donors (Lipinski definition) is 0. The Kier molecular flexibility index (Phi) is 1.13. The van der Waals surface area contributed by atoms with Gasteiger partial charge in [-0.1, -0.05) is 30.3 Å². The van der Waals surface area contributed by atoms with Crippen LogP contribution >= 0.6 is 0 Å². The van der Waals surface area contributed by atoms with E-state index < -0.39 is 0 Å². The average Bonchev–Trinajstić information content (AvgIpc) is 3.18. The number of pyridine rings is 1. The van der Waals surface area contributed by atoms with Crippen LogP contribution in [0.25, 0.3) is 32.9 Å². The van der Waals surface area contributed by atoms with E-state index in [9.17, 15) is 9.59 Å². The van der Waals surface area contributed by atoms with Gasteiger partial charge in [-0.15, -0.1) is 0 Å². The molecule has 16 heavy (non-hydrogen) atoms. The maximum Gasteiger partial charge on any atom is 0.215 e. The quantitative estimate of drug-likeness (QED) is 0.475. The van der Waals surface area contributed by atoms with Crippen LogP contribution in [0.3, 0.4) is 0 Å². The number of hydrogen-bond acceptors (Lipinski definition) is 3.